The van der Waals surface area contributed by atoms with E-state index in [4.69, 9.17) is 0 Å². The zero-order chi connectivity index (χ0) is 15.5. The molecule has 21 heavy (non-hydrogen) atoms. The van der Waals surface area contributed by atoms with Crippen molar-refractivity contribution in [2.45, 2.75) is 69.8 Å². The quantitative estimate of drug-likeness (QED) is 0.802. The molecule has 2 fully saturated rings. The predicted octanol–water partition coefficient (Wildman–Crippen LogP) is 1.33. The highest BCUT2D eigenvalue weighted by atomic mass is 32.2. The van der Waals surface area contributed by atoms with Crippen LogP contribution in [-0.4, -0.2) is 55.5 Å². The molecule has 2 rings (SSSR count). The van der Waals surface area contributed by atoms with Gasteiger partial charge in [0.25, 0.3) is 0 Å². The Kier molecular flexibility index (Phi) is 6.05. The third kappa shape index (κ3) is 4.65. The number of sulfonamides is 1. The number of aliphatic hydroxyl groups excluding tert-OH is 1. The second kappa shape index (κ2) is 7.40. The molecule has 0 amide bonds. The van der Waals surface area contributed by atoms with Crippen LogP contribution in [0.25, 0.3) is 0 Å². The van der Waals surface area contributed by atoms with E-state index in [1.54, 1.807) is 13.8 Å². The summed E-state index contributed by atoms with van der Waals surface area (Å²) in [5, 5.41) is 9.81. The Bertz CT molecular complexity index is 425. The molecular formula is C15H30N2O3S. The molecule has 1 heterocycles. The molecule has 2 aliphatic rings. The predicted molar refractivity (Wildman–Crippen MR) is 84.6 cm³/mol. The molecule has 0 aromatic carbocycles. The second-order valence-corrected chi connectivity index (χ2v) is 9.19. The lowest BCUT2D eigenvalue weighted by molar-refractivity contribution is 0.000809. The molecule has 6 heteroatoms. The van der Waals surface area contributed by atoms with Crippen LogP contribution < -0.4 is 4.72 Å². The molecule has 1 aliphatic carbocycles. The van der Waals surface area contributed by atoms with Gasteiger partial charge in [0.2, 0.25) is 10.0 Å². The molecule has 0 aromatic rings. The van der Waals surface area contributed by atoms with Crippen molar-refractivity contribution >= 4 is 10.0 Å². The van der Waals surface area contributed by atoms with Crippen molar-refractivity contribution in [2.24, 2.45) is 5.92 Å². The number of hydrogen-bond acceptors (Lipinski definition) is 4. The van der Waals surface area contributed by atoms with E-state index < -0.39 is 10.0 Å². The zero-order valence-corrected chi connectivity index (χ0v) is 14.1. The maximum atomic E-state index is 11.8. The number of nitrogens with zero attached hydrogens (tertiary/aromatic N) is 1. The van der Waals surface area contributed by atoms with Crippen molar-refractivity contribution in [1.82, 2.24) is 9.62 Å². The molecule has 0 unspecified atom stereocenters. The van der Waals surface area contributed by atoms with Crippen LogP contribution in [0.3, 0.4) is 0 Å². The first-order valence-corrected chi connectivity index (χ1v) is 9.85. The molecule has 0 radical (unpaired) electrons. The van der Waals surface area contributed by atoms with E-state index in [0.29, 0.717) is 12.5 Å². The van der Waals surface area contributed by atoms with Crippen LogP contribution in [0.15, 0.2) is 0 Å². The number of aliphatic hydroxyl groups is 1. The summed E-state index contributed by atoms with van der Waals surface area (Å²) in [5.74, 6) is 0.362. The highest BCUT2D eigenvalue weighted by Crippen LogP contribution is 2.27. The smallest absolute Gasteiger partial charge is 0.213 e. The van der Waals surface area contributed by atoms with E-state index in [1.807, 2.05) is 0 Å². The Hall–Kier alpha value is -0.170. The lowest BCUT2D eigenvalue weighted by Crippen LogP contribution is -2.51. The monoisotopic (exact) mass is 318 g/mol. The van der Waals surface area contributed by atoms with Gasteiger partial charge in [-0.2, -0.15) is 0 Å². The summed E-state index contributed by atoms with van der Waals surface area (Å²) >= 11 is 0. The molecule has 1 saturated carbocycles. The summed E-state index contributed by atoms with van der Waals surface area (Å²) in [6.07, 6.45) is 6.27. The minimum absolute atomic E-state index is 0.204. The fourth-order valence-corrected chi connectivity index (χ4v) is 4.28. The van der Waals surface area contributed by atoms with Crippen LogP contribution in [0.1, 0.15) is 52.4 Å². The molecule has 2 N–H and O–H groups in total. The average molecular weight is 318 g/mol. The van der Waals surface area contributed by atoms with Gasteiger partial charge in [-0.15, -0.1) is 0 Å². The van der Waals surface area contributed by atoms with E-state index in [1.165, 1.54) is 6.42 Å². The number of hydrogen-bond donors (Lipinski definition) is 2. The maximum absolute atomic E-state index is 11.8. The fourth-order valence-electron chi connectivity index (χ4n) is 3.48. The normalized spacial score (nSPS) is 32.5. The van der Waals surface area contributed by atoms with Gasteiger partial charge < -0.3 is 5.11 Å². The summed E-state index contributed by atoms with van der Waals surface area (Å²) in [4.78, 5) is 2.39. The second-order valence-electron chi connectivity index (χ2n) is 6.86. The Labute approximate surface area is 129 Å². The third-order valence-electron chi connectivity index (χ3n) is 4.91. The van der Waals surface area contributed by atoms with Gasteiger partial charge in [-0.1, -0.05) is 12.8 Å². The molecule has 5 nitrogen and oxygen atoms in total. The minimum Gasteiger partial charge on any atom is -0.391 e. The number of nitrogens with one attached hydrogen (secondary N) is 1. The summed E-state index contributed by atoms with van der Waals surface area (Å²) in [7, 11) is -3.17. The summed E-state index contributed by atoms with van der Waals surface area (Å²) in [5.41, 5.74) is 0. The van der Waals surface area contributed by atoms with E-state index >= 15 is 0 Å². The molecule has 0 aromatic heterocycles. The molecular weight excluding hydrogens is 288 g/mol. The van der Waals surface area contributed by atoms with Gasteiger partial charge in [0.15, 0.2) is 0 Å². The van der Waals surface area contributed by atoms with E-state index in [2.05, 4.69) is 9.62 Å². The van der Waals surface area contributed by atoms with Crippen molar-refractivity contribution < 1.29 is 13.5 Å². The van der Waals surface area contributed by atoms with Gasteiger partial charge in [0.05, 0.1) is 11.4 Å². The molecule has 0 bridgehead atoms. The van der Waals surface area contributed by atoms with Gasteiger partial charge in [0.1, 0.15) is 0 Å². The lowest BCUT2D eigenvalue weighted by atomic mass is 9.88. The summed E-state index contributed by atoms with van der Waals surface area (Å²) < 4.78 is 26.4. The van der Waals surface area contributed by atoms with Crippen LogP contribution in [0.2, 0.25) is 0 Å². The minimum atomic E-state index is -3.17. The Morgan fingerprint density at radius 2 is 1.90 bits per heavy atom. The zero-order valence-electron chi connectivity index (χ0n) is 13.3. The van der Waals surface area contributed by atoms with Crippen molar-refractivity contribution in [2.75, 3.05) is 19.6 Å². The Morgan fingerprint density at radius 1 is 1.19 bits per heavy atom. The van der Waals surface area contributed by atoms with E-state index in [9.17, 15) is 13.5 Å². The highest BCUT2D eigenvalue weighted by Gasteiger charge is 2.32. The topological polar surface area (TPSA) is 69.6 Å². The molecule has 3 atom stereocenters. The lowest BCUT2D eigenvalue weighted by Gasteiger charge is -2.42. The largest absolute Gasteiger partial charge is 0.391 e. The van der Waals surface area contributed by atoms with Gasteiger partial charge in [-0.25, -0.2) is 13.1 Å². The van der Waals surface area contributed by atoms with Crippen molar-refractivity contribution in [3.8, 4) is 0 Å². The molecule has 1 aliphatic heterocycles. The van der Waals surface area contributed by atoms with Gasteiger partial charge in [-0.3, -0.25) is 4.90 Å². The van der Waals surface area contributed by atoms with Gasteiger partial charge >= 0.3 is 0 Å². The first-order chi connectivity index (χ1) is 9.90. The Morgan fingerprint density at radius 3 is 2.57 bits per heavy atom. The van der Waals surface area contributed by atoms with Crippen molar-refractivity contribution in [3.05, 3.63) is 0 Å². The van der Waals surface area contributed by atoms with E-state index in [0.717, 1.165) is 45.2 Å². The maximum Gasteiger partial charge on any atom is 0.213 e. The average Bonchev–Trinajstić information content (AvgIpc) is 2.46. The van der Waals surface area contributed by atoms with Crippen LogP contribution in [-0.2, 0) is 10.0 Å². The standard InChI is InChI=1S/C15H30N2O3S/c1-12(2)21(19,20)16-10-13-6-5-9-17(11-13)14-7-3-4-8-15(14)18/h12-16,18H,3-11H2,1-2H3/t13-,14-,15+/m0/s1. The number of rotatable bonds is 5. The Balaban J connectivity index is 1.86. The highest BCUT2D eigenvalue weighted by molar-refractivity contribution is 7.90. The number of likely N-dealkylation sites (tertiary alicyclic amines) is 1. The van der Waals surface area contributed by atoms with Crippen molar-refractivity contribution in [3.63, 3.8) is 0 Å². The summed E-state index contributed by atoms with van der Waals surface area (Å²) in [6, 6.07) is 0.281. The third-order valence-corrected chi connectivity index (χ3v) is 6.72. The van der Waals surface area contributed by atoms with Crippen LogP contribution >= 0.6 is 0 Å². The first kappa shape index (κ1) is 17.2. The molecule has 1 saturated heterocycles. The molecule has 0 spiro atoms. The van der Waals surface area contributed by atoms with Gasteiger partial charge in [0, 0.05) is 19.1 Å². The fraction of sp³-hybridized carbons (Fsp3) is 1.00. The SMILES string of the molecule is CC(C)S(=O)(=O)NC[C@@H]1CCCN([C@H]2CCCC[C@H]2O)C1. The van der Waals surface area contributed by atoms with Crippen molar-refractivity contribution in [1.29, 1.82) is 0 Å². The number of piperidine rings is 1. The first-order valence-electron chi connectivity index (χ1n) is 8.30. The van der Waals surface area contributed by atoms with Crippen LogP contribution in [0, 0.1) is 5.92 Å². The molecule has 124 valence electrons. The van der Waals surface area contributed by atoms with E-state index in [-0.39, 0.29) is 17.4 Å². The van der Waals surface area contributed by atoms with Crippen LogP contribution in [0.5, 0.6) is 0 Å². The van der Waals surface area contributed by atoms with Crippen LogP contribution in [0.4, 0.5) is 0 Å². The summed E-state index contributed by atoms with van der Waals surface area (Å²) in [6.45, 7) is 5.87. The van der Waals surface area contributed by atoms with Gasteiger partial charge in [-0.05, 0) is 52.0 Å².